The van der Waals surface area contributed by atoms with Gasteiger partial charge in [0.05, 0.1) is 0 Å². The van der Waals surface area contributed by atoms with Crippen molar-refractivity contribution >= 4 is 5.97 Å². The number of hydrogen-bond donors (Lipinski definition) is 1. The molecule has 0 aromatic carbocycles. The SMILES string of the molecule is CC1CCCCN1C1(C(=O)O)CCCCC1C. The molecule has 3 heteroatoms. The Morgan fingerprint density at radius 2 is 1.88 bits per heavy atom. The fourth-order valence-corrected chi connectivity index (χ4v) is 3.89. The van der Waals surface area contributed by atoms with Crippen molar-refractivity contribution in [1.29, 1.82) is 0 Å². The highest BCUT2D eigenvalue weighted by molar-refractivity contribution is 5.79. The summed E-state index contributed by atoms with van der Waals surface area (Å²) in [5, 5.41) is 9.79. The summed E-state index contributed by atoms with van der Waals surface area (Å²) in [7, 11) is 0. The summed E-state index contributed by atoms with van der Waals surface area (Å²) in [5.41, 5.74) is -0.571. The number of hydrogen-bond acceptors (Lipinski definition) is 2. The number of rotatable bonds is 2. The maximum atomic E-state index is 11.9. The first kappa shape index (κ1) is 12.9. The van der Waals surface area contributed by atoms with Crippen LogP contribution in [0.4, 0.5) is 0 Å². The minimum atomic E-state index is -0.585. The second-order valence-electron chi connectivity index (χ2n) is 5.91. The second kappa shape index (κ2) is 4.97. The molecule has 1 saturated carbocycles. The van der Waals surface area contributed by atoms with E-state index in [4.69, 9.17) is 0 Å². The third-order valence-electron chi connectivity index (χ3n) is 4.95. The van der Waals surface area contributed by atoms with Crippen LogP contribution in [0.25, 0.3) is 0 Å². The first-order valence-corrected chi connectivity index (χ1v) is 7.09. The summed E-state index contributed by atoms with van der Waals surface area (Å²) in [6.45, 7) is 5.30. The van der Waals surface area contributed by atoms with Crippen LogP contribution in [0.2, 0.25) is 0 Å². The fraction of sp³-hybridized carbons (Fsp3) is 0.929. The van der Waals surface area contributed by atoms with Gasteiger partial charge in [0.2, 0.25) is 0 Å². The van der Waals surface area contributed by atoms with Crippen LogP contribution in [-0.4, -0.2) is 34.1 Å². The number of carboxylic acids is 1. The van der Waals surface area contributed by atoms with Crippen molar-refractivity contribution in [1.82, 2.24) is 4.90 Å². The molecule has 0 radical (unpaired) electrons. The van der Waals surface area contributed by atoms with Crippen LogP contribution < -0.4 is 0 Å². The standard InChI is InChI=1S/C14H25NO2/c1-11-7-3-5-9-14(11,13(16)17)15-10-6-4-8-12(15)2/h11-12H,3-10H2,1-2H3,(H,16,17). The molecule has 1 aliphatic carbocycles. The highest BCUT2D eigenvalue weighted by Gasteiger charge is 2.51. The predicted molar refractivity (Wildman–Crippen MR) is 68.0 cm³/mol. The molecule has 2 fully saturated rings. The summed E-state index contributed by atoms with van der Waals surface area (Å²) in [6, 6.07) is 0.431. The Labute approximate surface area is 104 Å². The summed E-state index contributed by atoms with van der Waals surface area (Å²) in [6.07, 6.45) is 7.73. The average Bonchev–Trinajstić information content (AvgIpc) is 2.30. The maximum absolute atomic E-state index is 11.9. The van der Waals surface area contributed by atoms with Gasteiger partial charge in [-0.1, -0.05) is 26.2 Å². The first-order valence-electron chi connectivity index (χ1n) is 7.09. The summed E-state index contributed by atoms with van der Waals surface area (Å²) in [5.74, 6) is -0.298. The molecule has 0 spiro atoms. The molecule has 3 atom stereocenters. The van der Waals surface area contributed by atoms with Gasteiger partial charge in [-0.05, 0) is 45.1 Å². The molecular weight excluding hydrogens is 214 g/mol. The average molecular weight is 239 g/mol. The molecule has 3 nitrogen and oxygen atoms in total. The smallest absolute Gasteiger partial charge is 0.324 e. The van der Waals surface area contributed by atoms with E-state index in [1.807, 2.05) is 0 Å². The van der Waals surface area contributed by atoms with Gasteiger partial charge >= 0.3 is 5.97 Å². The quantitative estimate of drug-likeness (QED) is 0.805. The molecule has 17 heavy (non-hydrogen) atoms. The van der Waals surface area contributed by atoms with Gasteiger partial charge in [0, 0.05) is 6.04 Å². The zero-order chi connectivity index (χ0) is 12.5. The lowest BCUT2D eigenvalue weighted by Crippen LogP contribution is -2.63. The first-order chi connectivity index (χ1) is 8.09. The predicted octanol–water partition coefficient (Wildman–Crippen LogP) is 2.89. The molecule has 98 valence electrons. The van der Waals surface area contributed by atoms with Crippen LogP contribution in [0.3, 0.4) is 0 Å². The van der Waals surface area contributed by atoms with Crippen LogP contribution in [0.15, 0.2) is 0 Å². The second-order valence-corrected chi connectivity index (χ2v) is 5.91. The van der Waals surface area contributed by atoms with Crippen molar-refractivity contribution in [2.75, 3.05) is 6.54 Å². The van der Waals surface area contributed by atoms with Gasteiger partial charge in [-0.25, -0.2) is 0 Å². The van der Waals surface area contributed by atoms with Crippen molar-refractivity contribution in [3.8, 4) is 0 Å². The molecule has 0 aromatic heterocycles. The third-order valence-corrected chi connectivity index (χ3v) is 4.95. The Kier molecular flexibility index (Phi) is 3.76. The minimum Gasteiger partial charge on any atom is -0.480 e. The van der Waals surface area contributed by atoms with E-state index in [-0.39, 0.29) is 5.92 Å². The van der Waals surface area contributed by atoms with E-state index in [2.05, 4.69) is 18.7 Å². The molecule has 0 aromatic rings. The normalized spacial score (nSPS) is 40.1. The Bertz CT molecular complexity index is 292. The van der Waals surface area contributed by atoms with Crippen LogP contribution >= 0.6 is 0 Å². The minimum absolute atomic E-state index is 0.286. The monoisotopic (exact) mass is 239 g/mol. The van der Waals surface area contributed by atoms with Crippen molar-refractivity contribution in [3.05, 3.63) is 0 Å². The molecule has 1 heterocycles. The number of carboxylic acid groups (broad SMARTS) is 1. The van der Waals surface area contributed by atoms with Crippen LogP contribution in [0, 0.1) is 5.92 Å². The number of aliphatic carboxylic acids is 1. The van der Waals surface area contributed by atoms with Crippen molar-refractivity contribution in [3.63, 3.8) is 0 Å². The number of likely N-dealkylation sites (tertiary alicyclic amines) is 1. The van der Waals surface area contributed by atoms with E-state index in [0.29, 0.717) is 6.04 Å². The fourth-order valence-electron chi connectivity index (χ4n) is 3.89. The molecule has 1 N–H and O–H groups in total. The van der Waals surface area contributed by atoms with Crippen LogP contribution in [-0.2, 0) is 4.79 Å². The van der Waals surface area contributed by atoms with Crippen LogP contribution in [0.5, 0.6) is 0 Å². The number of carbonyl (C=O) groups is 1. The van der Waals surface area contributed by atoms with Gasteiger partial charge < -0.3 is 5.11 Å². The van der Waals surface area contributed by atoms with E-state index in [1.165, 1.54) is 12.8 Å². The number of piperidine rings is 1. The van der Waals surface area contributed by atoms with E-state index < -0.39 is 11.5 Å². The van der Waals surface area contributed by atoms with Gasteiger partial charge in [0.1, 0.15) is 5.54 Å². The molecule has 3 unspecified atom stereocenters. The van der Waals surface area contributed by atoms with Gasteiger partial charge in [-0.2, -0.15) is 0 Å². The Morgan fingerprint density at radius 3 is 2.47 bits per heavy atom. The van der Waals surface area contributed by atoms with Gasteiger partial charge in [0.25, 0.3) is 0 Å². The highest BCUT2D eigenvalue weighted by Crippen LogP contribution is 2.41. The largest absolute Gasteiger partial charge is 0.480 e. The molecule has 1 saturated heterocycles. The summed E-state index contributed by atoms with van der Waals surface area (Å²) < 4.78 is 0. The van der Waals surface area contributed by atoms with E-state index in [0.717, 1.165) is 38.6 Å². The molecule has 2 aliphatic rings. The Morgan fingerprint density at radius 1 is 1.18 bits per heavy atom. The van der Waals surface area contributed by atoms with E-state index in [1.54, 1.807) is 0 Å². The lowest BCUT2D eigenvalue weighted by molar-refractivity contribution is -0.162. The van der Waals surface area contributed by atoms with E-state index in [9.17, 15) is 9.90 Å². The van der Waals surface area contributed by atoms with Crippen molar-refractivity contribution < 1.29 is 9.90 Å². The van der Waals surface area contributed by atoms with Crippen molar-refractivity contribution in [2.45, 2.75) is 70.4 Å². The van der Waals surface area contributed by atoms with Gasteiger partial charge in [0.15, 0.2) is 0 Å². The van der Waals surface area contributed by atoms with E-state index >= 15 is 0 Å². The van der Waals surface area contributed by atoms with Crippen molar-refractivity contribution in [2.24, 2.45) is 5.92 Å². The summed E-state index contributed by atoms with van der Waals surface area (Å²) >= 11 is 0. The lowest BCUT2D eigenvalue weighted by atomic mass is 9.71. The van der Waals surface area contributed by atoms with Gasteiger partial charge in [-0.3, -0.25) is 9.69 Å². The summed E-state index contributed by atoms with van der Waals surface area (Å²) in [4.78, 5) is 14.2. The third kappa shape index (κ3) is 2.10. The number of nitrogens with zero attached hydrogens (tertiary/aromatic N) is 1. The topological polar surface area (TPSA) is 40.5 Å². The molecule has 2 rings (SSSR count). The molecular formula is C14H25NO2. The zero-order valence-corrected chi connectivity index (χ0v) is 11.1. The molecule has 1 aliphatic heterocycles. The van der Waals surface area contributed by atoms with Gasteiger partial charge in [-0.15, -0.1) is 0 Å². The lowest BCUT2D eigenvalue weighted by Gasteiger charge is -2.51. The zero-order valence-electron chi connectivity index (χ0n) is 11.1. The molecule has 0 bridgehead atoms. The Hall–Kier alpha value is -0.570. The Balaban J connectivity index is 2.28. The van der Waals surface area contributed by atoms with Crippen LogP contribution in [0.1, 0.15) is 58.8 Å². The maximum Gasteiger partial charge on any atom is 0.324 e. The molecule has 0 amide bonds. The highest BCUT2D eigenvalue weighted by atomic mass is 16.4.